The number of aromatic nitrogens is 2. The lowest BCUT2D eigenvalue weighted by atomic mass is 9.93. The molecule has 0 aliphatic carbocycles. The van der Waals surface area contributed by atoms with E-state index in [0.717, 1.165) is 27.9 Å². The number of amides is 2. The lowest BCUT2D eigenvalue weighted by molar-refractivity contribution is 0.0982. The Kier molecular flexibility index (Phi) is 5.45. The van der Waals surface area contributed by atoms with E-state index in [1.165, 1.54) is 0 Å². The number of H-pyrrole nitrogens is 1. The van der Waals surface area contributed by atoms with Crippen molar-refractivity contribution in [2.24, 2.45) is 5.73 Å². The van der Waals surface area contributed by atoms with Gasteiger partial charge in [-0.1, -0.05) is 38.1 Å². The minimum atomic E-state index is -0.549. The van der Waals surface area contributed by atoms with E-state index in [-0.39, 0.29) is 11.8 Å². The van der Waals surface area contributed by atoms with Crippen molar-refractivity contribution in [2.75, 3.05) is 12.0 Å². The Morgan fingerprint density at radius 2 is 2.00 bits per heavy atom. The molecule has 0 spiro atoms. The Morgan fingerprint density at radius 3 is 2.68 bits per heavy atom. The van der Waals surface area contributed by atoms with Crippen molar-refractivity contribution in [3.05, 3.63) is 87.4 Å². The van der Waals surface area contributed by atoms with E-state index in [2.05, 4.69) is 10.2 Å². The fourth-order valence-corrected chi connectivity index (χ4v) is 5.28. The quantitative estimate of drug-likeness (QED) is 0.407. The number of fused-ring (bicyclic) bond motifs is 1. The van der Waals surface area contributed by atoms with Gasteiger partial charge in [-0.15, -0.1) is 0 Å². The van der Waals surface area contributed by atoms with Crippen LogP contribution in [-0.2, 0) is 0 Å². The molecule has 1 atom stereocenters. The van der Waals surface area contributed by atoms with Gasteiger partial charge in [0.2, 0.25) is 5.91 Å². The molecule has 0 radical (unpaired) electrons. The van der Waals surface area contributed by atoms with E-state index in [1.807, 2.05) is 67.1 Å². The number of carbonyl (C=O) groups excluding carboxylic acids is 2. The summed E-state index contributed by atoms with van der Waals surface area (Å²) >= 11 is 1.54. The SMILES string of the molecule is COc1ccccc1C1c2c(C(C)C)n[nH]c2C(=O)N1c1ccc(-c2ccsc2)c(C(N)=O)c1. The first kappa shape index (κ1) is 21.9. The number of benzene rings is 2. The number of nitrogens with one attached hydrogen (secondary N) is 1. The van der Waals surface area contributed by atoms with Crippen LogP contribution in [0.2, 0.25) is 0 Å². The number of rotatable bonds is 6. The van der Waals surface area contributed by atoms with Gasteiger partial charge in [0.1, 0.15) is 11.4 Å². The first-order chi connectivity index (χ1) is 16.4. The topological polar surface area (TPSA) is 101 Å². The predicted octanol–water partition coefficient (Wildman–Crippen LogP) is 5.12. The predicted molar refractivity (Wildman–Crippen MR) is 133 cm³/mol. The van der Waals surface area contributed by atoms with E-state index in [4.69, 9.17) is 10.5 Å². The maximum atomic E-state index is 13.7. The Labute approximate surface area is 201 Å². The molecule has 2 amide bonds. The third-order valence-corrected chi connectivity index (χ3v) is 6.84. The van der Waals surface area contributed by atoms with E-state index >= 15 is 0 Å². The second-order valence-electron chi connectivity index (χ2n) is 8.48. The molecule has 3 heterocycles. The minimum Gasteiger partial charge on any atom is -0.496 e. The third-order valence-electron chi connectivity index (χ3n) is 6.16. The summed E-state index contributed by atoms with van der Waals surface area (Å²) in [6.45, 7) is 4.09. The van der Waals surface area contributed by atoms with Crippen LogP contribution in [0.25, 0.3) is 11.1 Å². The van der Waals surface area contributed by atoms with Crippen molar-refractivity contribution >= 4 is 28.8 Å². The average molecular weight is 473 g/mol. The standard InChI is InChI=1S/C26H24N4O3S/c1-14(2)22-21-23(29-28-22)26(32)30(24(21)18-6-4-5-7-20(18)33-3)16-8-9-17(15-10-11-34-13-15)19(12-16)25(27)31/h4-14,24H,1-3H3,(H2,27,31)(H,28,29). The van der Waals surface area contributed by atoms with Gasteiger partial charge in [-0.2, -0.15) is 16.4 Å². The first-order valence-corrected chi connectivity index (χ1v) is 11.9. The minimum absolute atomic E-state index is 0.104. The molecule has 0 saturated carbocycles. The Balaban J connectivity index is 1.72. The summed E-state index contributed by atoms with van der Waals surface area (Å²) in [7, 11) is 1.61. The molecule has 0 bridgehead atoms. The number of carbonyl (C=O) groups is 2. The number of aromatic amines is 1. The summed E-state index contributed by atoms with van der Waals surface area (Å²) in [6.07, 6.45) is 0. The maximum Gasteiger partial charge on any atom is 0.277 e. The summed E-state index contributed by atoms with van der Waals surface area (Å²) in [5.74, 6) is 0.00165. The number of hydrogen-bond acceptors (Lipinski definition) is 5. The Bertz CT molecular complexity index is 1390. The van der Waals surface area contributed by atoms with Crippen LogP contribution < -0.4 is 15.4 Å². The molecule has 0 saturated heterocycles. The highest BCUT2D eigenvalue weighted by atomic mass is 32.1. The van der Waals surface area contributed by atoms with Crippen molar-refractivity contribution in [1.29, 1.82) is 0 Å². The van der Waals surface area contributed by atoms with Gasteiger partial charge in [-0.25, -0.2) is 0 Å². The van der Waals surface area contributed by atoms with Crippen molar-refractivity contribution in [2.45, 2.75) is 25.8 Å². The highest BCUT2D eigenvalue weighted by molar-refractivity contribution is 7.08. The molecular formula is C26H24N4O3S. The van der Waals surface area contributed by atoms with Gasteiger partial charge in [0.25, 0.3) is 5.91 Å². The van der Waals surface area contributed by atoms with Crippen molar-refractivity contribution in [3.8, 4) is 16.9 Å². The molecule has 3 N–H and O–H groups in total. The van der Waals surface area contributed by atoms with Gasteiger partial charge >= 0.3 is 0 Å². The van der Waals surface area contributed by atoms with Gasteiger partial charge in [-0.05, 0) is 52.1 Å². The molecule has 34 heavy (non-hydrogen) atoms. The van der Waals surface area contributed by atoms with Crippen LogP contribution in [0.1, 0.15) is 63.5 Å². The molecule has 2 aromatic carbocycles. The molecule has 4 aromatic rings. The molecule has 1 unspecified atom stereocenters. The molecule has 2 aromatic heterocycles. The Morgan fingerprint density at radius 1 is 1.21 bits per heavy atom. The van der Waals surface area contributed by atoms with Crippen LogP contribution in [0.4, 0.5) is 5.69 Å². The molecule has 1 aliphatic rings. The zero-order chi connectivity index (χ0) is 24.0. The number of hydrogen-bond donors (Lipinski definition) is 2. The largest absolute Gasteiger partial charge is 0.496 e. The van der Waals surface area contributed by atoms with Crippen molar-refractivity contribution in [3.63, 3.8) is 0 Å². The normalized spacial score (nSPS) is 15.1. The second-order valence-corrected chi connectivity index (χ2v) is 9.26. The third kappa shape index (κ3) is 3.38. The summed E-state index contributed by atoms with van der Waals surface area (Å²) < 4.78 is 5.66. The zero-order valence-electron chi connectivity index (χ0n) is 19.0. The number of thiophene rings is 1. The van der Waals surface area contributed by atoms with Crippen LogP contribution in [0.5, 0.6) is 5.75 Å². The highest BCUT2D eigenvalue weighted by Crippen LogP contribution is 2.46. The van der Waals surface area contributed by atoms with Crippen LogP contribution in [0.15, 0.2) is 59.3 Å². The van der Waals surface area contributed by atoms with Crippen LogP contribution in [0.3, 0.4) is 0 Å². The number of para-hydroxylation sites is 1. The fourth-order valence-electron chi connectivity index (χ4n) is 4.62. The molecule has 1 aliphatic heterocycles. The fraction of sp³-hybridized carbons (Fsp3) is 0.192. The molecule has 172 valence electrons. The lowest BCUT2D eigenvalue weighted by Gasteiger charge is -2.28. The monoisotopic (exact) mass is 472 g/mol. The zero-order valence-corrected chi connectivity index (χ0v) is 19.8. The van der Waals surface area contributed by atoms with E-state index in [1.54, 1.807) is 29.4 Å². The van der Waals surface area contributed by atoms with Gasteiger partial charge in [-0.3, -0.25) is 19.6 Å². The van der Waals surface area contributed by atoms with Crippen LogP contribution in [0, 0.1) is 0 Å². The number of ether oxygens (including phenoxy) is 1. The number of nitrogens with zero attached hydrogens (tertiary/aromatic N) is 2. The van der Waals surface area contributed by atoms with Gasteiger partial charge in [0, 0.05) is 22.4 Å². The van der Waals surface area contributed by atoms with Crippen molar-refractivity contribution < 1.29 is 14.3 Å². The molecule has 5 rings (SSSR count). The van der Waals surface area contributed by atoms with Gasteiger partial charge in [0.05, 0.1) is 18.8 Å². The van der Waals surface area contributed by atoms with E-state index < -0.39 is 11.9 Å². The summed E-state index contributed by atoms with van der Waals surface area (Å²) in [6, 6.07) is 14.5. The lowest BCUT2D eigenvalue weighted by Crippen LogP contribution is -2.30. The summed E-state index contributed by atoms with van der Waals surface area (Å²) in [4.78, 5) is 27.8. The first-order valence-electron chi connectivity index (χ1n) is 10.9. The average Bonchev–Trinajstić information content (AvgIpc) is 3.56. The van der Waals surface area contributed by atoms with Crippen LogP contribution >= 0.6 is 11.3 Å². The Hall–Kier alpha value is -3.91. The number of methoxy groups -OCH3 is 1. The van der Waals surface area contributed by atoms with Gasteiger partial charge < -0.3 is 10.5 Å². The highest BCUT2D eigenvalue weighted by Gasteiger charge is 2.44. The number of anilines is 1. The van der Waals surface area contributed by atoms with Gasteiger partial charge in [0.15, 0.2) is 0 Å². The maximum absolute atomic E-state index is 13.7. The molecule has 0 fully saturated rings. The van der Waals surface area contributed by atoms with Crippen LogP contribution in [-0.4, -0.2) is 29.1 Å². The summed E-state index contributed by atoms with van der Waals surface area (Å²) in [5, 5.41) is 11.3. The number of nitrogens with two attached hydrogens (primary N) is 1. The van der Waals surface area contributed by atoms with E-state index in [9.17, 15) is 9.59 Å². The molecule has 7 nitrogen and oxygen atoms in total. The van der Waals surface area contributed by atoms with Crippen molar-refractivity contribution in [1.82, 2.24) is 10.2 Å². The van der Waals surface area contributed by atoms with E-state index in [0.29, 0.717) is 22.7 Å². The smallest absolute Gasteiger partial charge is 0.277 e. The second kappa shape index (κ2) is 8.46. The molecular weight excluding hydrogens is 448 g/mol. The molecule has 8 heteroatoms. The number of primary amides is 1. The summed E-state index contributed by atoms with van der Waals surface area (Å²) in [5.41, 5.74) is 11.3.